The molecule has 0 atom stereocenters. The largest absolute Gasteiger partial charge is 0.439 e. The van der Waals surface area contributed by atoms with Gasteiger partial charge in [-0.25, -0.2) is 4.39 Å². The summed E-state index contributed by atoms with van der Waals surface area (Å²) in [6.07, 6.45) is 0.606. The van der Waals surface area contributed by atoms with Crippen molar-refractivity contribution in [2.45, 2.75) is 20.3 Å². The molecule has 0 spiro atoms. The predicted molar refractivity (Wildman–Crippen MR) is 65.4 cm³/mol. The van der Waals surface area contributed by atoms with Crippen molar-refractivity contribution in [2.24, 2.45) is 0 Å². The van der Waals surface area contributed by atoms with Gasteiger partial charge in [-0.2, -0.15) is 4.98 Å². The first kappa shape index (κ1) is 12.3. The van der Waals surface area contributed by atoms with E-state index in [0.29, 0.717) is 23.6 Å². The molecule has 0 amide bonds. The minimum absolute atomic E-state index is 0.210. The summed E-state index contributed by atoms with van der Waals surface area (Å²) in [6, 6.07) is 5.64. The predicted octanol–water partition coefficient (Wildman–Crippen LogP) is 2.57. The number of aromatic amines is 1. The quantitative estimate of drug-likeness (QED) is 0.908. The first-order valence-corrected chi connectivity index (χ1v) is 5.62. The van der Waals surface area contributed by atoms with Crippen LogP contribution in [-0.2, 0) is 6.42 Å². The molecule has 1 heterocycles. The maximum atomic E-state index is 13.1. The lowest BCUT2D eigenvalue weighted by molar-refractivity contribution is 0.455. The fraction of sp³-hybridized carbons (Fsp3) is 0.231. The third-order valence-corrected chi connectivity index (χ3v) is 2.45. The summed E-state index contributed by atoms with van der Waals surface area (Å²) in [5.41, 5.74) is 0.212. The summed E-state index contributed by atoms with van der Waals surface area (Å²) in [5, 5.41) is 0. The Morgan fingerprint density at radius 2 is 2.17 bits per heavy atom. The van der Waals surface area contributed by atoms with Crippen molar-refractivity contribution in [3.63, 3.8) is 0 Å². The Kier molecular flexibility index (Phi) is 3.41. The number of nitrogens with zero attached hydrogens (tertiary/aromatic N) is 1. The monoisotopic (exact) mass is 248 g/mol. The molecule has 5 heteroatoms. The topological polar surface area (TPSA) is 55.0 Å². The van der Waals surface area contributed by atoms with E-state index >= 15 is 0 Å². The molecular formula is C13H13FN2O2. The SMILES string of the molecule is CCc1nc(Oc2ccc(F)c(C)c2)cc(=O)[nH]1. The number of aryl methyl sites for hydroxylation is 2. The summed E-state index contributed by atoms with van der Waals surface area (Å²) < 4.78 is 18.5. The number of hydrogen-bond donors (Lipinski definition) is 1. The highest BCUT2D eigenvalue weighted by molar-refractivity contribution is 5.31. The van der Waals surface area contributed by atoms with Gasteiger partial charge in [0.1, 0.15) is 17.4 Å². The van der Waals surface area contributed by atoms with Crippen LogP contribution in [0.1, 0.15) is 18.3 Å². The van der Waals surface area contributed by atoms with E-state index in [4.69, 9.17) is 4.74 Å². The molecular weight excluding hydrogens is 235 g/mol. The van der Waals surface area contributed by atoms with Gasteiger partial charge in [-0.3, -0.25) is 4.79 Å². The molecule has 2 rings (SSSR count). The summed E-state index contributed by atoms with van der Waals surface area (Å²) in [7, 11) is 0. The van der Waals surface area contributed by atoms with E-state index in [2.05, 4.69) is 9.97 Å². The van der Waals surface area contributed by atoms with E-state index in [0.717, 1.165) is 0 Å². The van der Waals surface area contributed by atoms with Crippen LogP contribution in [0.3, 0.4) is 0 Å². The Hall–Kier alpha value is -2.17. The van der Waals surface area contributed by atoms with Gasteiger partial charge in [0.15, 0.2) is 0 Å². The van der Waals surface area contributed by atoms with Crippen molar-refractivity contribution < 1.29 is 9.13 Å². The lowest BCUT2D eigenvalue weighted by Crippen LogP contribution is -2.10. The van der Waals surface area contributed by atoms with Crippen LogP contribution >= 0.6 is 0 Å². The van der Waals surface area contributed by atoms with Crippen LogP contribution < -0.4 is 10.3 Å². The molecule has 0 saturated heterocycles. The molecule has 0 radical (unpaired) electrons. The Bertz CT molecular complexity index is 623. The van der Waals surface area contributed by atoms with E-state index in [1.54, 1.807) is 13.0 Å². The van der Waals surface area contributed by atoms with E-state index < -0.39 is 0 Å². The summed E-state index contributed by atoms with van der Waals surface area (Å²) in [4.78, 5) is 18.1. The van der Waals surface area contributed by atoms with Crippen LogP contribution in [0.5, 0.6) is 11.6 Å². The molecule has 2 aromatic rings. The minimum atomic E-state index is -0.296. The van der Waals surface area contributed by atoms with Crippen LogP contribution in [0, 0.1) is 12.7 Å². The maximum Gasteiger partial charge on any atom is 0.254 e. The fourth-order valence-corrected chi connectivity index (χ4v) is 1.50. The van der Waals surface area contributed by atoms with Crippen molar-refractivity contribution >= 4 is 0 Å². The molecule has 1 N–H and O–H groups in total. The molecule has 0 saturated carbocycles. The number of halogens is 1. The van der Waals surface area contributed by atoms with Crippen molar-refractivity contribution in [3.05, 3.63) is 51.8 Å². The van der Waals surface area contributed by atoms with Gasteiger partial charge < -0.3 is 9.72 Å². The minimum Gasteiger partial charge on any atom is -0.439 e. The third-order valence-electron chi connectivity index (χ3n) is 2.45. The molecule has 18 heavy (non-hydrogen) atoms. The normalized spacial score (nSPS) is 10.4. The van der Waals surface area contributed by atoms with Gasteiger partial charge >= 0.3 is 0 Å². The molecule has 0 aliphatic carbocycles. The molecule has 4 nitrogen and oxygen atoms in total. The zero-order valence-corrected chi connectivity index (χ0v) is 10.2. The summed E-state index contributed by atoms with van der Waals surface area (Å²) in [5.74, 6) is 0.919. The molecule has 0 aliphatic rings. The molecule has 0 aliphatic heterocycles. The summed E-state index contributed by atoms with van der Waals surface area (Å²) >= 11 is 0. The zero-order chi connectivity index (χ0) is 13.1. The van der Waals surface area contributed by atoms with Gasteiger partial charge in [0, 0.05) is 6.42 Å². The van der Waals surface area contributed by atoms with E-state index in [1.807, 2.05) is 6.92 Å². The number of nitrogens with one attached hydrogen (secondary N) is 1. The van der Waals surface area contributed by atoms with Crippen molar-refractivity contribution in [3.8, 4) is 11.6 Å². The Balaban J connectivity index is 2.30. The maximum absolute atomic E-state index is 13.1. The number of benzene rings is 1. The molecule has 0 bridgehead atoms. The number of hydrogen-bond acceptors (Lipinski definition) is 3. The lowest BCUT2D eigenvalue weighted by atomic mass is 10.2. The number of ether oxygens (including phenoxy) is 1. The molecule has 0 fully saturated rings. The van der Waals surface area contributed by atoms with Crippen LogP contribution in [0.25, 0.3) is 0 Å². The van der Waals surface area contributed by atoms with Gasteiger partial charge in [-0.15, -0.1) is 0 Å². The molecule has 0 unspecified atom stereocenters. The molecule has 1 aromatic heterocycles. The third kappa shape index (κ3) is 2.74. The van der Waals surface area contributed by atoms with E-state index in [9.17, 15) is 9.18 Å². The first-order chi connectivity index (χ1) is 8.58. The molecule has 1 aromatic carbocycles. The highest BCUT2D eigenvalue weighted by Gasteiger charge is 2.04. The van der Waals surface area contributed by atoms with Gasteiger partial charge in [0.25, 0.3) is 5.56 Å². The van der Waals surface area contributed by atoms with Crippen molar-refractivity contribution in [1.29, 1.82) is 0 Å². The number of aromatic nitrogens is 2. The second-order valence-electron chi connectivity index (χ2n) is 3.90. The highest BCUT2D eigenvalue weighted by atomic mass is 19.1. The van der Waals surface area contributed by atoms with Crippen molar-refractivity contribution in [2.75, 3.05) is 0 Å². The van der Waals surface area contributed by atoms with Crippen LogP contribution in [-0.4, -0.2) is 9.97 Å². The van der Waals surface area contributed by atoms with Crippen LogP contribution in [0.2, 0.25) is 0 Å². The van der Waals surface area contributed by atoms with Crippen molar-refractivity contribution in [1.82, 2.24) is 9.97 Å². The smallest absolute Gasteiger partial charge is 0.254 e. The number of H-pyrrole nitrogens is 1. The van der Waals surface area contributed by atoms with Gasteiger partial charge in [0.05, 0.1) is 6.07 Å². The average molecular weight is 248 g/mol. The van der Waals surface area contributed by atoms with E-state index in [-0.39, 0.29) is 17.3 Å². The van der Waals surface area contributed by atoms with Gasteiger partial charge in [0.2, 0.25) is 5.88 Å². The Morgan fingerprint density at radius 3 is 2.83 bits per heavy atom. The standard InChI is InChI=1S/C13H13FN2O2/c1-3-11-15-12(17)7-13(16-11)18-9-4-5-10(14)8(2)6-9/h4-7H,3H2,1-2H3,(H,15,16,17). The van der Waals surface area contributed by atoms with Gasteiger partial charge in [-0.05, 0) is 30.7 Å². The van der Waals surface area contributed by atoms with E-state index in [1.165, 1.54) is 18.2 Å². The lowest BCUT2D eigenvalue weighted by Gasteiger charge is -2.06. The summed E-state index contributed by atoms with van der Waals surface area (Å²) in [6.45, 7) is 3.52. The highest BCUT2D eigenvalue weighted by Crippen LogP contribution is 2.20. The second-order valence-corrected chi connectivity index (χ2v) is 3.90. The Labute approximate surface area is 103 Å². The van der Waals surface area contributed by atoms with Crippen LogP contribution in [0.15, 0.2) is 29.1 Å². The fourth-order valence-electron chi connectivity index (χ4n) is 1.50. The zero-order valence-electron chi connectivity index (χ0n) is 10.2. The van der Waals surface area contributed by atoms with Crippen LogP contribution in [0.4, 0.5) is 4.39 Å². The van der Waals surface area contributed by atoms with Gasteiger partial charge in [-0.1, -0.05) is 6.92 Å². The first-order valence-electron chi connectivity index (χ1n) is 5.62. The number of rotatable bonds is 3. The average Bonchev–Trinajstić information content (AvgIpc) is 2.33. The molecule has 94 valence electrons. The second kappa shape index (κ2) is 5.00. The Morgan fingerprint density at radius 1 is 1.39 bits per heavy atom.